The van der Waals surface area contributed by atoms with E-state index in [2.05, 4.69) is 19.9 Å². The van der Waals surface area contributed by atoms with E-state index in [-0.39, 0.29) is 6.04 Å². The van der Waals surface area contributed by atoms with Crippen LogP contribution in [-0.4, -0.2) is 41.7 Å². The average Bonchev–Trinajstić information content (AvgIpc) is 2.87. The molecule has 4 heteroatoms. The van der Waals surface area contributed by atoms with Crippen molar-refractivity contribution in [1.82, 2.24) is 4.90 Å². The van der Waals surface area contributed by atoms with Gasteiger partial charge < -0.3 is 9.84 Å². The van der Waals surface area contributed by atoms with Gasteiger partial charge in [0.1, 0.15) is 11.8 Å². The highest BCUT2D eigenvalue weighted by atomic mass is 16.5. The first-order valence-corrected chi connectivity index (χ1v) is 7.25. The molecule has 0 aromatic heterocycles. The van der Waals surface area contributed by atoms with E-state index in [1.807, 2.05) is 17.0 Å². The van der Waals surface area contributed by atoms with Crippen molar-refractivity contribution < 1.29 is 14.6 Å². The number of rotatable bonds is 6. The van der Waals surface area contributed by atoms with Crippen molar-refractivity contribution >= 4 is 5.97 Å². The van der Waals surface area contributed by atoms with Gasteiger partial charge in [0.25, 0.3) is 0 Å². The van der Waals surface area contributed by atoms with Crippen LogP contribution in [-0.2, 0) is 4.79 Å². The topological polar surface area (TPSA) is 49.8 Å². The van der Waals surface area contributed by atoms with Crippen LogP contribution in [0.25, 0.3) is 0 Å². The van der Waals surface area contributed by atoms with Crippen LogP contribution in [0, 0.1) is 13.8 Å². The molecule has 20 heavy (non-hydrogen) atoms. The zero-order valence-electron chi connectivity index (χ0n) is 12.3. The molecule has 0 spiro atoms. The molecule has 0 amide bonds. The van der Waals surface area contributed by atoms with Gasteiger partial charge in [-0.1, -0.05) is 6.07 Å². The summed E-state index contributed by atoms with van der Waals surface area (Å²) >= 11 is 0. The van der Waals surface area contributed by atoms with Gasteiger partial charge in [-0.3, -0.25) is 9.69 Å². The molecule has 1 N–H and O–H groups in total. The molecule has 0 radical (unpaired) electrons. The highest BCUT2D eigenvalue weighted by molar-refractivity contribution is 5.73. The highest BCUT2D eigenvalue weighted by Crippen LogP contribution is 2.19. The molecule has 1 heterocycles. The number of benzene rings is 1. The quantitative estimate of drug-likeness (QED) is 0.812. The summed E-state index contributed by atoms with van der Waals surface area (Å²) in [6.45, 7) is 6.47. The van der Waals surface area contributed by atoms with Gasteiger partial charge in [0.2, 0.25) is 0 Å². The maximum atomic E-state index is 11.1. The summed E-state index contributed by atoms with van der Waals surface area (Å²) in [5, 5.41) is 9.10. The molecule has 4 nitrogen and oxygen atoms in total. The Bertz CT molecular complexity index is 473. The van der Waals surface area contributed by atoms with Crippen LogP contribution >= 0.6 is 0 Å². The first kappa shape index (κ1) is 14.9. The van der Waals surface area contributed by atoms with Crippen LogP contribution in [0.5, 0.6) is 5.75 Å². The number of carboxylic acid groups (broad SMARTS) is 1. The third-order valence-electron chi connectivity index (χ3n) is 3.99. The molecular formula is C16H23NO3. The standard InChI is InChI=1S/C16H23NO3/c1-12-6-7-14(11-13(12)2)20-10-4-9-17-8-3-5-15(17)16(18)19/h6-7,11,15H,3-5,8-10H2,1-2H3,(H,18,19)/t15-/m1/s1. The molecule has 0 unspecified atom stereocenters. The first-order valence-electron chi connectivity index (χ1n) is 7.25. The van der Waals surface area contributed by atoms with Crippen LogP contribution in [0.2, 0.25) is 0 Å². The third-order valence-corrected chi connectivity index (χ3v) is 3.99. The Morgan fingerprint density at radius 2 is 2.20 bits per heavy atom. The van der Waals surface area contributed by atoms with E-state index in [0.29, 0.717) is 6.61 Å². The van der Waals surface area contributed by atoms with E-state index in [1.54, 1.807) is 0 Å². The molecular weight excluding hydrogens is 254 g/mol. The smallest absolute Gasteiger partial charge is 0.320 e. The summed E-state index contributed by atoms with van der Waals surface area (Å²) < 4.78 is 5.72. The zero-order chi connectivity index (χ0) is 14.5. The van der Waals surface area contributed by atoms with Gasteiger partial charge in [0.15, 0.2) is 0 Å². The van der Waals surface area contributed by atoms with Gasteiger partial charge >= 0.3 is 5.97 Å². The molecule has 0 saturated carbocycles. The van der Waals surface area contributed by atoms with E-state index in [1.165, 1.54) is 11.1 Å². The number of ether oxygens (including phenoxy) is 1. The third kappa shape index (κ3) is 3.73. The molecule has 1 aliphatic rings. The summed E-state index contributed by atoms with van der Waals surface area (Å²) in [5.74, 6) is 0.196. The fourth-order valence-corrected chi connectivity index (χ4v) is 2.63. The summed E-state index contributed by atoms with van der Waals surface area (Å²) in [5.41, 5.74) is 2.49. The van der Waals surface area contributed by atoms with Gasteiger partial charge in [-0.25, -0.2) is 0 Å². The fraction of sp³-hybridized carbons (Fsp3) is 0.562. The van der Waals surface area contributed by atoms with Crippen molar-refractivity contribution in [1.29, 1.82) is 0 Å². The largest absolute Gasteiger partial charge is 0.494 e. The Balaban J connectivity index is 1.73. The molecule has 0 bridgehead atoms. The van der Waals surface area contributed by atoms with Gasteiger partial charge in [0.05, 0.1) is 6.61 Å². The number of carboxylic acids is 1. The molecule has 1 aliphatic heterocycles. The molecule has 1 aromatic rings. The minimum absolute atomic E-state index is 0.295. The summed E-state index contributed by atoms with van der Waals surface area (Å²) in [6, 6.07) is 5.80. The normalized spacial score (nSPS) is 19.2. The molecule has 110 valence electrons. The molecule has 1 aromatic carbocycles. The lowest BCUT2D eigenvalue weighted by Crippen LogP contribution is -2.36. The van der Waals surface area contributed by atoms with Crippen LogP contribution < -0.4 is 4.74 Å². The molecule has 1 fully saturated rings. The number of carbonyl (C=O) groups is 1. The van der Waals surface area contributed by atoms with Crippen molar-refractivity contribution in [2.24, 2.45) is 0 Å². The molecule has 2 rings (SSSR count). The number of aliphatic carboxylic acids is 1. The maximum Gasteiger partial charge on any atom is 0.320 e. The summed E-state index contributed by atoms with van der Waals surface area (Å²) in [6.07, 6.45) is 2.61. The van der Waals surface area contributed by atoms with Crippen molar-refractivity contribution in [3.05, 3.63) is 29.3 Å². The van der Waals surface area contributed by atoms with Crippen LogP contribution in [0.15, 0.2) is 18.2 Å². The Morgan fingerprint density at radius 3 is 2.90 bits per heavy atom. The van der Waals surface area contributed by atoms with Crippen LogP contribution in [0.1, 0.15) is 30.4 Å². The monoisotopic (exact) mass is 277 g/mol. The molecule has 0 aliphatic carbocycles. The van der Waals surface area contributed by atoms with E-state index < -0.39 is 5.97 Å². The van der Waals surface area contributed by atoms with Crippen molar-refractivity contribution in [2.75, 3.05) is 19.7 Å². The lowest BCUT2D eigenvalue weighted by Gasteiger charge is -2.20. The zero-order valence-corrected chi connectivity index (χ0v) is 12.3. The van der Waals surface area contributed by atoms with E-state index >= 15 is 0 Å². The van der Waals surface area contributed by atoms with Gasteiger partial charge in [-0.05, 0) is 62.9 Å². The minimum Gasteiger partial charge on any atom is -0.494 e. The number of aryl methyl sites for hydroxylation is 2. The van der Waals surface area contributed by atoms with E-state index in [9.17, 15) is 4.79 Å². The predicted molar refractivity (Wildman–Crippen MR) is 78.3 cm³/mol. The van der Waals surface area contributed by atoms with Gasteiger partial charge in [-0.15, -0.1) is 0 Å². The predicted octanol–water partition coefficient (Wildman–Crippen LogP) is 2.62. The molecule has 1 saturated heterocycles. The maximum absolute atomic E-state index is 11.1. The Labute approximate surface area is 120 Å². The number of hydrogen-bond donors (Lipinski definition) is 1. The lowest BCUT2D eigenvalue weighted by molar-refractivity contribution is -0.142. The summed E-state index contributed by atoms with van der Waals surface area (Å²) in [4.78, 5) is 13.1. The number of nitrogens with zero attached hydrogens (tertiary/aromatic N) is 1. The fourth-order valence-electron chi connectivity index (χ4n) is 2.63. The van der Waals surface area contributed by atoms with Crippen molar-refractivity contribution in [3.63, 3.8) is 0 Å². The second-order valence-corrected chi connectivity index (χ2v) is 5.48. The van der Waals surface area contributed by atoms with E-state index in [4.69, 9.17) is 9.84 Å². The Kier molecular flexibility index (Phi) is 5.01. The van der Waals surface area contributed by atoms with Crippen molar-refractivity contribution in [2.45, 2.75) is 39.2 Å². The van der Waals surface area contributed by atoms with Crippen molar-refractivity contribution in [3.8, 4) is 5.75 Å². The minimum atomic E-state index is -0.697. The second-order valence-electron chi connectivity index (χ2n) is 5.48. The van der Waals surface area contributed by atoms with Crippen LogP contribution in [0.4, 0.5) is 0 Å². The Morgan fingerprint density at radius 1 is 1.40 bits per heavy atom. The molecule has 1 atom stereocenters. The van der Waals surface area contributed by atoms with Crippen LogP contribution in [0.3, 0.4) is 0 Å². The highest BCUT2D eigenvalue weighted by Gasteiger charge is 2.29. The number of hydrogen-bond acceptors (Lipinski definition) is 3. The Hall–Kier alpha value is -1.55. The van der Waals surface area contributed by atoms with Gasteiger partial charge in [-0.2, -0.15) is 0 Å². The lowest BCUT2D eigenvalue weighted by atomic mass is 10.1. The number of likely N-dealkylation sites (tertiary alicyclic amines) is 1. The second kappa shape index (κ2) is 6.75. The van der Waals surface area contributed by atoms with Gasteiger partial charge in [0, 0.05) is 6.54 Å². The summed E-state index contributed by atoms with van der Waals surface area (Å²) in [7, 11) is 0. The average molecular weight is 277 g/mol. The SMILES string of the molecule is Cc1ccc(OCCCN2CCC[C@@H]2C(=O)O)cc1C. The first-order chi connectivity index (χ1) is 9.58. The van der Waals surface area contributed by atoms with E-state index in [0.717, 1.165) is 38.1 Å².